The second-order valence-electron chi connectivity index (χ2n) is 10.1. The Bertz CT molecular complexity index is 1070. The molecule has 202 valence electrons. The molecule has 0 fully saturated rings. The molecule has 0 aliphatic carbocycles. The zero-order valence-corrected chi connectivity index (χ0v) is 24.2. The Hall–Kier alpha value is -2.99. The van der Waals surface area contributed by atoms with E-state index in [0.717, 1.165) is 0 Å². The summed E-state index contributed by atoms with van der Waals surface area (Å²) in [6.45, 7) is 7.08. The summed E-state index contributed by atoms with van der Waals surface area (Å²) in [5.74, 6) is -0.0950. The normalized spacial score (nSPS) is 12.6. The van der Waals surface area contributed by atoms with Crippen molar-refractivity contribution in [3.05, 3.63) is 91.0 Å². The molecule has 0 aliphatic heterocycles. The van der Waals surface area contributed by atoms with E-state index in [0.29, 0.717) is 19.6 Å². The van der Waals surface area contributed by atoms with Crippen LogP contribution in [0.5, 0.6) is 0 Å². The summed E-state index contributed by atoms with van der Waals surface area (Å²) in [5, 5.41) is 13.6. The van der Waals surface area contributed by atoms with Crippen molar-refractivity contribution in [2.24, 2.45) is 0 Å². The van der Waals surface area contributed by atoms with E-state index in [-0.39, 0.29) is 24.0 Å². The molecule has 0 saturated carbocycles. The third kappa shape index (κ3) is 6.90. The Balaban J connectivity index is 1.94. The second kappa shape index (κ2) is 13.7. The Morgan fingerprint density at radius 3 is 1.61 bits per heavy atom. The van der Waals surface area contributed by atoms with Gasteiger partial charge in [-0.15, -0.1) is 0 Å². The maximum absolute atomic E-state index is 12.9. The van der Waals surface area contributed by atoms with Crippen LogP contribution < -0.4 is 15.9 Å². The summed E-state index contributed by atoms with van der Waals surface area (Å²) in [4.78, 5) is 30.6. The van der Waals surface area contributed by atoms with Gasteiger partial charge < -0.3 is 0 Å². The monoisotopic (exact) mass is 533 g/mol. The number of carbonyl (C=O) groups excluding carboxylic acids is 2. The molecule has 6 nitrogen and oxygen atoms in total. The molecule has 3 aromatic carbocycles. The minimum absolute atomic E-state index is 0.00381. The molecule has 38 heavy (non-hydrogen) atoms. The molecule has 0 bridgehead atoms. The second-order valence-corrected chi connectivity index (χ2v) is 14.5. The summed E-state index contributed by atoms with van der Waals surface area (Å²) in [5.41, 5.74) is 0.154. The van der Waals surface area contributed by atoms with Gasteiger partial charge in [0.05, 0.1) is 0 Å². The van der Waals surface area contributed by atoms with Crippen molar-refractivity contribution in [2.75, 3.05) is 40.3 Å². The number of amides is 2. The van der Waals surface area contributed by atoms with Crippen LogP contribution in [0.15, 0.2) is 91.0 Å². The van der Waals surface area contributed by atoms with E-state index in [4.69, 9.17) is 0 Å². The summed E-state index contributed by atoms with van der Waals surface area (Å²) in [7, 11) is 0.199. The summed E-state index contributed by atoms with van der Waals surface area (Å²) >= 11 is 0. The standard InChI is InChI=1S/C30H41BN3O3P/c1-25(23-34(26(2)35)22-21-32(4)30(36)24-33(5)31(3)37)38(27-15-9-6-10-16-27,28-17-11-7-12-18-28)29-19-13-8-14-20-29/h6-20,25,37-38H,21-24H2,1-5H3. The van der Waals surface area contributed by atoms with Gasteiger partial charge in [-0.05, 0) is 0 Å². The molecule has 3 rings (SSSR count). The van der Waals surface area contributed by atoms with Gasteiger partial charge in [-0.3, -0.25) is 0 Å². The first-order valence-corrected chi connectivity index (χ1v) is 15.3. The van der Waals surface area contributed by atoms with Gasteiger partial charge in [0.2, 0.25) is 0 Å². The first kappa shape index (κ1) is 29.6. The number of hydrogen-bond donors (Lipinski definition) is 1. The molecule has 1 N–H and O–H groups in total. The Morgan fingerprint density at radius 2 is 1.24 bits per heavy atom. The summed E-state index contributed by atoms with van der Waals surface area (Å²) < 4.78 is 0. The number of carbonyl (C=O) groups is 2. The molecule has 1 unspecified atom stereocenters. The van der Waals surface area contributed by atoms with Crippen molar-refractivity contribution >= 4 is 42.0 Å². The van der Waals surface area contributed by atoms with Gasteiger partial charge >= 0.3 is 229 Å². The average molecular weight is 533 g/mol. The molecular weight excluding hydrogens is 492 g/mol. The van der Waals surface area contributed by atoms with Crippen molar-refractivity contribution < 1.29 is 14.6 Å². The van der Waals surface area contributed by atoms with Crippen molar-refractivity contribution in [3.63, 3.8) is 0 Å². The number of rotatable bonds is 12. The summed E-state index contributed by atoms with van der Waals surface area (Å²) in [6, 6.07) is 32.1. The van der Waals surface area contributed by atoms with E-state index in [9.17, 15) is 14.6 Å². The fourth-order valence-corrected chi connectivity index (χ4v) is 10.5. The first-order valence-electron chi connectivity index (χ1n) is 13.2. The van der Waals surface area contributed by atoms with Gasteiger partial charge in [0, 0.05) is 0 Å². The third-order valence-electron chi connectivity index (χ3n) is 7.52. The van der Waals surface area contributed by atoms with E-state index in [1.54, 1.807) is 37.6 Å². The van der Waals surface area contributed by atoms with Crippen molar-refractivity contribution in [1.82, 2.24) is 14.6 Å². The zero-order valence-electron chi connectivity index (χ0n) is 23.2. The minimum atomic E-state index is -2.56. The fraction of sp³-hybridized carbons (Fsp3) is 0.333. The van der Waals surface area contributed by atoms with Crippen molar-refractivity contribution in [3.8, 4) is 0 Å². The number of nitrogens with zero attached hydrogens (tertiary/aromatic N) is 3. The van der Waals surface area contributed by atoms with Crippen LogP contribution in [-0.2, 0) is 9.59 Å². The van der Waals surface area contributed by atoms with Gasteiger partial charge in [0.25, 0.3) is 0 Å². The topological polar surface area (TPSA) is 64.1 Å². The van der Waals surface area contributed by atoms with Crippen LogP contribution in [-0.4, -0.2) is 84.4 Å². The molecule has 0 saturated heterocycles. The van der Waals surface area contributed by atoms with Crippen LogP contribution in [0.1, 0.15) is 13.8 Å². The van der Waals surface area contributed by atoms with E-state index in [1.807, 2.05) is 23.1 Å². The van der Waals surface area contributed by atoms with Crippen LogP contribution in [0.25, 0.3) is 0 Å². The van der Waals surface area contributed by atoms with Crippen LogP contribution in [0.2, 0.25) is 6.82 Å². The predicted octanol–water partition coefficient (Wildman–Crippen LogP) is 2.45. The molecule has 0 radical (unpaired) electrons. The molecule has 3 aromatic rings. The van der Waals surface area contributed by atoms with Gasteiger partial charge in [-0.1, -0.05) is 0 Å². The van der Waals surface area contributed by atoms with E-state index < -0.39 is 14.3 Å². The van der Waals surface area contributed by atoms with E-state index >= 15 is 0 Å². The molecular formula is C30H41BN3O3P. The molecule has 1 atom stereocenters. The number of benzene rings is 3. The van der Waals surface area contributed by atoms with Gasteiger partial charge in [-0.2, -0.15) is 0 Å². The number of hydrogen-bond acceptors (Lipinski definition) is 4. The van der Waals surface area contributed by atoms with Gasteiger partial charge in [0.15, 0.2) is 0 Å². The average Bonchev–Trinajstić information content (AvgIpc) is 2.92. The summed E-state index contributed by atoms with van der Waals surface area (Å²) in [6.07, 6.45) is 0. The van der Waals surface area contributed by atoms with Crippen molar-refractivity contribution in [2.45, 2.75) is 26.3 Å². The van der Waals surface area contributed by atoms with Crippen LogP contribution in [0.3, 0.4) is 0 Å². The maximum atomic E-state index is 12.9. The molecule has 0 heterocycles. The van der Waals surface area contributed by atoms with Crippen LogP contribution in [0.4, 0.5) is 0 Å². The zero-order chi connectivity index (χ0) is 27.7. The molecule has 2 amide bonds. The molecule has 0 aliphatic rings. The van der Waals surface area contributed by atoms with Crippen molar-refractivity contribution in [1.29, 1.82) is 0 Å². The van der Waals surface area contributed by atoms with E-state index in [1.165, 1.54) is 15.9 Å². The Kier molecular flexibility index (Phi) is 10.7. The molecule has 0 spiro atoms. The Labute approximate surface area is 228 Å². The SMILES string of the molecule is CB(O)N(C)CC(=O)N(C)CCN(CC(C)[PH](c1ccccc1)(c1ccccc1)c1ccccc1)C(C)=O. The first-order chi connectivity index (χ1) is 18.2. The predicted molar refractivity (Wildman–Crippen MR) is 162 cm³/mol. The van der Waals surface area contributed by atoms with Crippen LogP contribution >= 0.6 is 7.26 Å². The molecule has 8 heteroatoms. The molecule has 0 aromatic heterocycles. The Morgan fingerprint density at radius 1 is 0.816 bits per heavy atom. The quantitative estimate of drug-likeness (QED) is 0.287. The third-order valence-corrected chi connectivity index (χ3v) is 12.9. The van der Waals surface area contributed by atoms with Gasteiger partial charge in [-0.25, -0.2) is 0 Å². The fourth-order valence-electron chi connectivity index (χ4n) is 5.16. The van der Waals surface area contributed by atoms with E-state index in [2.05, 4.69) is 79.7 Å². The van der Waals surface area contributed by atoms with Crippen LogP contribution in [0, 0.1) is 0 Å². The number of likely N-dealkylation sites (N-methyl/N-ethyl adjacent to an activating group) is 2. The van der Waals surface area contributed by atoms with Gasteiger partial charge in [0.1, 0.15) is 0 Å².